The van der Waals surface area contributed by atoms with Crippen molar-refractivity contribution in [3.63, 3.8) is 0 Å². The zero-order chi connectivity index (χ0) is 8.20. The van der Waals surface area contributed by atoms with Crippen LogP contribution in [0.4, 0.5) is 0 Å². The second kappa shape index (κ2) is 5.21. The third kappa shape index (κ3) is 7.62. The van der Waals surface area contributed by atoms with Gasteiger partial charge in [-0.3, -0.25) is 4.57 Å². The molecule has 0 fully saturated rings. The Morgan fingerprint density at radius 2 is 2.10 bits per heavy atom. The molecule has 1 unspecified atom stereocenters. The van der Waals surface area contributed by atoms with Crippen LogP contribution in [0.2, 0.25) is 0 Å². The molecule has 1 atom stereocenters. The van der Waals surface area contributed by atoms with Crippen LogP contribution in [0.15, 0.2) is 11.9 Å². The van der Waals surface area contributed by atoms with Gasteiger partial charge in [-0.05, 0) is 22.5 Å². The molecular formula is C4H5Br2Cl2OP. The molecule has 60 valence electrons. The van der Waals surface area contributed by atoms with Crippen LogP contribution >= 0.6 is 60.2 Å². The number of hydrogen-bond acceptors (Lipinski definition) is 1. The van der Waals surface area contributed by atoms with Crippen molar-refractivity contribution in [3.05, 3.63) is 11.9 Å². The Hall–Kier alpha value is 1.51. The number of alkyl halides is 2. The number of rotatable bonds is 3. The summed E-state index contributed by atoms with van der Waals surface area (Å²) in [5.41, 5.74) is 0. The van der Waals surface area contributed by atoms with Gasteiger partial charge in [0.15, 0.2) is 0 Å². The molecule has 0 spiro atoms. The minimum atomic E-state index is -3.02. The average molecular weight is 331 g/mol. The fourth-order valence-electron chi connectivity index (χ4n) is 0.245. The van der Waals surface area contributed by atoms with Gasteiger partial charge in [0.2, 0.25) is 0 Å². The van der Waals surface area contributed by atoms with Crippen LogP contribution < -0.4 is 0 Å². The van der Waals surface area contributed by atoms with E-state index in [0.29, 0.717) is 0 Å². The summed E-state index contributed by atoms with van der Waals surface area (Å²) in [5, 5.41) is 0.733. The molecule has 6 heteroatoms. The molecule has 0 heterocycles. The molecule has 0 N–H and O–H groups in total. The monoisotopic (exact) mass is 328 g/mol. The maximum absolute atomic E-state index is 10.6. The Bertz CT molecular complexity index is 167. The quantitative estimate of drug-likeness (QED) is 0.556. The van der Waals surface area contributed by atoms with Gasteiger partial charge in [0.1, 0.15) is 0 Å². The minimum absolute atomic E-state index is 0.123. The molecule has 0 aromatic carbocycles. The van der Waals surface area contributed by atoms with E-state index in [-0.39, 0.29) is 4.83 Å². The molecule has 0 saturated carbocycles. The summed E-state index contributed by atoms with van der Waals surface area (Å²) in [6, 6.07) is 0. The van der Waals surface area contributed by atoms with Gasteiger partial charge < -0.3 is 0 Å². The minimum Gasteiger partial charge on any atom is -0.285 e. The molecule has 0 amide bonds. The maximum atomic E-state index is 10.6. The third-order valence-electron chi connectivity index (χ3n) is 0.616. The zero-order valence-corrected chi connectivity index (χ0v) is 10.4. The Balaban J connectivity index is 3.88. The van der Waals surface area contributed by atoms with Crippen LogP contribution in [0, 0.1) is 0 Å². The van der Waals surface area contributed by atoms with E-state index in [2.05, 4.69) is 31.9 Å². The first-order valence-corrected chi connectivity index (χ1v) is 7.96. The molecule has 0 saturated heterocycles. The summed E-state index contributed by atoms with van der Waals surface area (Å²) in [6.45, 7) is 0. The summed E-state index contributed by atoms with van der Waals surface area (Å²) in [5.74, 6) is -1.72. The van der Waals surface area contributed by atoms with Crippen LogP contribution in [0.1, 0.15) is 0 Å². The van der Waals surface area contributed by atoms with Crippen molar-refractivity contribution in [2.24, 2.45) is 0 Å². The van der Waals surface area contributed by atoms with E-state index < -0.39 is 5.85 Å². The summed E-state index contributed by atoms with van der Waals surface area (Å²) in [7, 11) is 0. The normalized spacial score (nSPS) is 16.0. The highest BCUT2D eigenvalue weighted by Crippen LogP contribution is 2.58. The Labute approximate surface area is 86.4 Å². The summed E-state index contributed by atoms with van der Waals surface area (Å²) < 4.78 is 10.6. The topological polar surface area (TPSA) is 17.1 Å². The first kappa shape index (κ1) is 11.5. The van der Waals surface area contributed by atoms with Crippen molar-refractivity contribution in [1.29, 1.82) is 0 Å². The summed E-state index contributed by atoms with van der Waals surface area (Å²) >= 11 is 16.9. The third-order valence-corrected chi connectivity index (χ3v) is 4.01. The Morgan fingerprint density at radius 1 is 1.60 bits per heavy atom. The van der Waals surface area contributed by atoms with Gasteiger partial charge in [-0.1, -0.05) is 37.9 Å². The zero-order valence-electron chi connectivity index (χ0n) is 4.81. The average Bonchev–Trinajstić information content (AvgIpc) is 1.81. The number of allylic oxidation sites excluding steroid dienone is 1. The lowest BCUT2D eigenvalue weighted by Crippen LogP contribution is -1.90. The molecular weight excluding hydrogens is 326 g/mol. The van der Waals surface area contributed by atoms with Crippen molar-refractivity contribution in [2.75, 3.05) is 5.33 Å². The van der Waals surface area contributed by atoms with Crippen molar-refractivity contribution in [2.45, 2.75) is 4.83 Å². The van der Waals surface area contributed by atoms with Gasteiger partial charge in [-0.15, -0.1) is 0 Å². The Kier molecular flexibility index (Phi) is 5.99. The van der Waals surface area contributed by atoms with E-state index in [4.69, 9.17) is 22.5 Å². The Morgan fingerprint density at radius 3 is 2.40 bits per heavy atom. The smallest absolute Gasteiger partial charge is 0.274 e. The highest BCUT2D eigenvalue weighted by atomic mass is 79.9. The fourth-order valence-corrected chi connectivity index (χ4v) is 1.65. The van der Waals surface area contributed by atoms with Crippen LogP contribution in [-0.2, 0) is 4.57 Å². The highest BCUT2D eigenvalue weighted by Gasteiger charge is 2.07. The first-order valence-electron chi connectivity index (χ1n) is 2.34. The van der Waals surface area contributed by atoms with Crippen LogP contribution in [-0.4, -0.2) is 10.2 Å². The molecule has 0 aliphatic heterocycles. The van der Waals surface area contributed by atoms with Gasteiger partial charge in [-0.25, -0.2) is 0 Å². The molecule has 0 rings (SSSR count). The van der Waals surface area contributed by atoms with Crippen molar-refractivity contribution < 1.29 is 4.57 Å². The van der Waals surface area contributed by atoms with Gasteiger partial charge >= 0.3 is 0 Å². The van der Waals surface area contributed by atoms with E-state index in [9.17, 15) is 4.57 Å². The lowest BCUT2D eigenvalue weighted by molar-refractivity contribution is 0.597. The largest absolute Gasteiger partial charge is 0.285 e. The lowest BCUT2D eigenvalue weighted by atomic mass is 10.5. The van der Waals surface area contributed by atoms with Crippen LogP contribution in [0.3, 0.4) is 0 Å². The molecule has 0 bridgehead atoms. The van der Waals surface area contributed by atoms with E-state index in [1.54, 1.807) is 6.08 Å². The van der Waals surface area contributed by atoms with Gasteiger partial charge in [-0.2, -0.15) is 0 Å². The van der Waals surface area contributed by atoms with Gasteiger partial charge in [0, 0.05) is 16.0 Å². The standard InChI is InChI=1S/C4H5Br2Cl2OP/c5-3-4(6)1-2-10(7,8)9/h1-2,4H,3H2/b2-1+. The molecule has 10 heavy (non-hydrogen) atoms. The second-order valence-corrected chi connectivity index (χ2v) is 8.17. The SMILES string of the molecule is O=P(Cl)(Cl)/C=C/C(Br)CBr. The van der Waals surface area contributed by atoms with E-state index in [0.717, 1.165) is 5.33 Å². The van der Waals surface area contributed by atoms with Gasteiger partial charge in [0.25, 0.3) is 5.85 Å². The molecule has 0 aromatic heterocycles. The number of hydrogen-bond donors (Lipinski definition) is 0. The fraction of sp³-hybridized carbons (Fsp3) is 0.500. The van der Waals surface area contributed by atoms with Crippen molar-refractivity contribution >= 4 is 60.2 Å². The first-order chi connectivity index (χ1) is 4.45. The molecule has 0 aliphatic carbocycles. The predicted molar refractivity (Wildman–Crippen MR) is 55.0 cm³/mol. The maximum Gasteiger partial charge on any atom is 0.274 e. The lowest BCUT2D eigenvalue weighted by Gasteiger charge is -1.96. The van der Waals surface area contributed by atoms with E-state index in [1.807, 2.05) is 0 Å². The molecule has 0 radical (unpaired) electrons. The summed E-state index contributed by atoms with van der Waals surface area (Å²) in [4.78, 5) is 0.123. The van der Waals surface area contributed by atoms with Gasteiger partial charge in [0.05, 0.1) is 0 Å². The van der Waals surface area contributed by atoms with Crippen molar-refractivity contribution in [3.8, 4) is 0 Å². The van der Waals surface area contributed by atoms with Crippen LogP contribution in [0.5, 0.6) is 0 Å². The van der Waals surface area contributed by atoms with E-state index in [1.165, 1.54) is 5.82 Å². The second-order valence-electron chi connectivity index (χ2n) is 1.51. The molecule has 0 aliphatic rings. The molecule has 0 aromatic rings. The highest BCUT2D eigenvalue weighted by molar-refractivity contribution is 9.12. The summed E-state index contributed by atoms with van der Waals surface area (Å²) in [6.07, 6.45) is 1.65. The van der Waals surface area contributed by atoms with Crippen molar-refractivity contribution in [1.82, 2.24) is 0 Å². The van der Waals surface area contributed by atoms with Crippen LogP contribution in [0.25, 0.3) is 0 Å². The predicted octanol–water partition coefficient (Wildman–Crippen LogP) is 4.33. The number of halogens is 4. The van der Waals surface area contributed by atoms with E-state index >= 15 is 0 Å². The molecule has 1 nitrogen and oxygen atoms in total.